The molecule has 1 aromatic rings. The fourth-order valence-electron chi connectivity index (χ4n) is 2.69. The van der Waals surface area contributed by atoms with Gasteiger partial charge in [-0.2, -0.15) is 0 Å². The van der Waals surface area contributed by atoms with E-state index in [0.717, 1.165) is 40.7 Å². The number of hydrogen-bond donors (Lipinski definition) is 0. The maximum absolute atomic E-state index is 12.2. The molecule has 1 saturated heterocycles. The second-order valence-corrected chi connectivity index (χ2v) is 7.97. The molecule has 5 heteroatoms. The van der Waals surface area contributed by atoms with Crippen molar-refractivity contribution in [2.45, 2.75) is 59.2 Å². The molecule has 1 fully saturated rings. The van der Waals surface area contributed by atoms with Crippen molar-refractivity contribution in [1.82, 2.24) is 4.90 Å². The van der Waals surface area contributed by atoms with Crippen molar-refractivity contribution in [3.63, 3.8) is 0 Å². The first-order chi connectivity index (χ1) is 10.7. The summed E-state index contributed by atoms with van der Waals surface area (Å²) >= 11 is 3.57. The molecule has 0 radical (unpaired) electrons. The van der Waals surface area contributed by atoms with Crippen LogP contribution in [0.2, 0.25) is 0 Å². The Hall–Kier alpha value is -1.23. The molecule has 2 rings (SSSR count). The fourth-order valence-corrected chi connectivity index (χ4v) is 2.92. The molecular formula is C18H26BrNO3. The Balaban J connectivity index is 2.00. The maximum atomic E-state index is 12.2. The molecule has 0 unspecified atom stereocenters. The third-order valence-corrected chi connectivity index (χ3v) is 4.99. The highest BCUT2D eigenvalue weighted by atomic mass is 79.9. The molecule has 1 heterocycles. The predicted molar refractivity (Wildman–Crippen MR) is 95.1 cm³/mol. The Morgan fingerprint density at radius 1 is 1.26 bits per heavy atom. The number of amides is 1. The smallest absolute Gasteiger partial charge is 0.410 e. The molecule has 1 aliphatic rings. The molecule has 0 bridgehead atoms. The molecule has 23 heavy (non-hydrogen) atoms. The van der Waals surface area contributed by atoms with Crippen LogP contribution in [0.25, 0.3) is 0 Å². The van der Waals surface area contributed by atoms with Crippen LogP contribution in [0.15, 0.2) is 16.6 Å². The SMILES string of the molecule is Cc1cc(O[C@@H]2CCCN(C(=O)OC(C)(C)C)C2)cc(C)c1Br. The lowest BCUT2D eigenvalue weighted by Crippen LogP contribution is -2.46. The van der Waals surface area contributed by atoms with Crippen molar-refractivity contribution in [3.05, 3.63) is 27.7 Å². The minimum atomic E-state index is -0.467. The van der Waals surface area contributed by atoms with Gasteiger partial charge in [-0.25, -0.2) is 4.79 Å². The van der Waals surface area contributed by atoms with E-state index in [1.54, 1.807) is 4.90 Å². The van der Waals surface area contributed by atoms with E-state index in [-0.39, 0.29) is 12.2 Å². The van der Waals surface area contributed by atoms with Crippen molar-refractivity contribution in [2.75, 3.05) is 13.1 Å². The van der Waals surface area contributed by atoms with Crippen molar-refractivity contribution in [2.24, 2.45) is 0 Å². The molecule has 1 aliphatic heterocycles. The third-order valence-electron chi connectivity index (χ3n) is 3.74. The number of benzene rings is 1. The molecule has 0 aliphatic carbocycles. The zero-order valence-electron chi connectivity index (χ0n) is 14.6. The zero-order valence-corrected chi connectivity index (χ0v) is 16.2. The van der Waals surface area contributed by atoms with E-state index in [1.807, 2.05) is 32.9 Å². The molecule has 0 saturated carbocycles. The third kappa shape index (κ3) is 5.13. The van der Waals surface area contributed by atoms with Crippen LogP contribution in [0.3, 0.4) is 0 Å². The first kappa shape index (κ1) is 18.1. The van der Waals surface area contributed by atoms with Crippen LogP contribution in [0.5, 0.6) is 5.75 Å². The Morgan fingerprint density at radius 3 is 2.43 bits per heavy atom. The Morgan fingerprint density at radius 2 is 1.87 bits per heavy atom. The summed E-state index contributed by atoms with van der Waals surface area (Å²) in [5.41, 5.74) is 1.84. The number of ether oxygens (including phenoxy) is 2. The number of likely N-dealkylation sites (tertiary alicyclic amines) is 1. The Kier molecular flexibility index (Phi) is 5.61. The van der Waals surface area contributed by atoms with Gasteiger partial charge in [0.1, 0.15) is 17.5 Å². The molecule has 0 aromatic heterocycles. The van der Waals surface area contributed by atoms with Gasteiger partial charge < -0.3 is 14.4 Å². The topological polar surface area (TPSA) is 38.8 Å². The van der Waals surface area contributed by atoms with Gasteiger partial charge in [-0.05, 0) is 70.7 Å². The number of carbonyl (C=O) groups is 1. The van der Waals surface area contributed by atoms with Crippen LogP contribution in [-0.4, -0.2) is 35.8 Å². The summed E-state index contributed by atoms with van der Waals surface area (Å²) in [6.07, 6.45) is 1.64. The van der Waals surface area contributed by atoms with Crippen LogP contribution in [-0.2, 0) is 4.74 Å². The largest absolute Gasteiger partial charge is 0.489 e. The van der Waals surface area contributed by atoms with E-state index in [1.165, 1.54) is 0 Å². The summed E-state index contributed by atoms with van der Waals surface area (Å²) in [7, 11) is 0. The van der Waals surface area contributed by atoms with Crippen LogP contribution < -0.4 is 4.74 Å². The van der Waals surface area contributed by atoms with E-state index in [9.17, 15) is 4.79 Å². The van der Waals surface area contributed by atoms with Gasteiger partial charge in [0, 0.05) is 11.0 Å². The lowest BCUT2D eigenvalue weighted by Gasteiger charge is -2.34. The number of carbonyl (C=O) groups excluding carboxylic acids is 1. The summed E-state index contributed by atoms with van der Waals surface area (Å²) < 4.78 is 12.7. The van der Waals surface area contributed by atoms with Crippen LogP contribution in [0, 0.1) is 13.8 Å². The number of hydrogen-bond acceptors (Lipinski definition) is 3. The van der Waals surface area contributed by atoms with Gasteiger partial charge in [-0.1, -0.05) is 15.9 Å². The molecular weight excluding hydrogens is 358 g/mol. The summed E-state index contributed by atoms with van der Waals surface area (Å²) in [5.74, 6) is 0.860. The lowest BCUT2D eigenvalue weighted by molar-refractivity contribution is 0.00774. The minimum Gasteiger partial charge on any atom is -0.489 e. The summed E-state index contributed by atoms with van der Waals surface area (Å²) in [5, 5.41) is 0. The molecule has 4 nitrogen and oxygen atoms in total. The van der Waals surface area contributed by atoms with Crippen molar-refractivity contribution >= 4 is 22.0 Å². The number of halogens is 1. The van der Waals surface area contributed by atoms with Crippen molar-refractivity contribution in [3.8, 4) is 5.75 Å². The van der Waals surface area contributed by atoms with E-state index in [4.69, 9.17) is 9.47 Å². The van der Waals surface area contributed by atoms with Crippen LogP contribution in [0.1, 0.15) is 44.7 Å². The quantitative estimate of drug-likeness (QED) is 0.732. The van der Waals surface area contributed by atoms with Crippen molar-refractivity contribution < 1.29 is 14.3 Å². The average molecular weight is 384 g/mol. The van der Waals surface area contributed by atoms with E-state index < -0.39 is 5.60 Å². The number of aryl methyl sites for hydroxylation is 2. The molecule has 128 valence electrons. The number of nitrogens with zero attached hydrogens (tertiary/aromatic N) is 1. The van der Waals surface area contributed by atoms with Gasteiger partial charge in [-0.3, -0.25) is 0 Å². The maximum Gasteiger partial charge on any atom is 0.410 e. The lowest BCUT2D eigenvalue weighted by atomic mass is 10.1. The highest BCUT2D eigenvalue weighted by molar-refractivity contribution is 9.10. The second kappa shape index (κ2) is 7.12. The highest BCUT2D eigenvalue weighted by Crippen LogP contribution is 2.28. The average Bonchev–Trinajstić information content (AvgIpc) is 2.43. The van der Waals surface area contributed by atoms with Gasteiger partial charge in [0.05, 0.1) is 6.54 Å². The zero-order chi connectivity index (χ0) is 17.2. The summed E-state index contributed by atoms with van der Waals surface area (Å²) in [6, 6.07) is 4.06. The van der Waals surface area contributed by atoms with Crippen LogP contribution in [0.4, 0.5) is 4.79 Å². The first-order valence-corrected chi connectivity index (χ1v) is 8.86. The van der Waals surface area contributed by atoms with Gasteiger partial charge in [-0.15, -0.1) is 0 Å². The van der Waals surface area contributed by atoms with E-state index in [0.29, 0.717) is 6.54 Å². The number of rotatable bonds is 2. The normalized spacial score (nSPS) is 18.7. The monoisotopic (exact) mass is 383 g/mol. The van der Waals surface area contributed by atoms with Gasteiger partial charge in [0.2, 0.25) is 0 Å². The minimum absolute atomic E-state index is 0.0104. The molecule has 1 atom stereocenters. The second-order valence-electron chi connectivity index (χ2n) is 7.18. The molecule has 0 spiro atoms. The Labute approximate surface area is 147 Å². The molecule has 0 N–H and O–H groups in total. The van der Waals surface area contributed by atoms with Gasteiger partial charge >= 0.3 is 6.09 Å². The van der Waals surface area contributed by atoms with Gasteiger partial charge in [0.25, 0.3) is 0 Å². The summed E-state index contributed by atoms with van der Waals surface area (Å²) in [4.78, 5) is 14.0. The first-order valence-electron chi connectivity index (χ1n) is 8.07. The number of piperidine rings is 1. The molecule has 1 amide bonds. The van der Waals surface area contributed by atoms with Gasteiger partial charge in [0.15, 0.2) is 0 Å². The fraction of sp³-hybridized carbons (Fsp3) is 0.611. The Bertz CT molecular complexity index is 557. The van der Waals surface area contributed by atoms with E-state index >= 15 is 0 Å². The molecule has 1 aromatic carbocycles. The van der Waals surface area contributed by atoms with Crippen LogP contribution >= 0.6 is 15.9 Å². The summed E-state index contributed by atoms with van der Waals surface area (Å²) in [6.45, 7) is 11.1. The standard InChI is InChI=1S/C18H26BrNO3/c1-12-9-15(10-13(2)16(12)19)22-14-7-6-8-20(11-14)17(21)23-18(3,4)5/h9-10,14H,6-8,11H2,1-5H3/t14-/m1/s1. The van der Waals surface area contributed by atoms with E-state index in [2.05, 4.69) is 29.8 Å². The predicted octanol–water partition coefficient (Wildman–Crippen LogP) is 4.84. The highest BCUT2D eigenvalue weighted by Gasteiger charge is 2.28. The van der Waals surface area contributed by atoms with Crippen molar-refractivity contribution in [1.29, 1.82) is 0 Å².